The lowest BCUT2D eigenvalue weighted by Crippen LogP contribution is -2.34. The Morgan fingerprint density at radius 2 is 2.25 bits per heavy atom. The Hall–Kier alpha value is -1.26. The zero-order valence-electron chi connectivity index (χ0n) is 9.05. The third kappa shape index (κ3) is 6.27. The first-order valence-electron chi connectivity index (χ1n) is 4.66. The molecule has 0 radical (unpaired) electrons. The molecule has 0 aromatic heterocycles. The van der Waals surface area contributed by atoms with E-state index in [0.29, 0.717) is 13.0 Å². The summed E-state index contributed by atoms with van der Waals surface area (Å²) in [6, 6.07) is 1.00. The van der Waals surface area contributed by atoms with Crippen LogP contribution >= 0.6 is 11.8 Å². The molecule has 0 aromatic carbocycles. The molecule has 0 bridgehead atoms. The molecule has 1 amide bonds. The summed E-state index contributed by atoms with van der Waals surface area (Å²) in [7, 11) is 1.61. The number of thioether (sulfide) groups is 1. The van der Waals surface area contributed by atoms with Crippen LogP contribution < -0.4 is 5.73 Å². The number of nitrogens with two attached hydrogens (primary N) is 1. The molecule has 7 heteroatoms. The maximum Gasteiger partial charge on any atom is 0.321 e. The number of carbonyl (C=O) groups excluding carboxylic acids is 1. The number of aliphatic carboxylic acids is 1. The van der Waals surface area contributed by atoms with Crippen molar-refractivity contribution in [1.29, 1.82) is 5.26 Å². The van der Waals surface area contributed by atoms with Gasteiger partial charge in [-0.2, -0.15) is 5.26 Å². The molecular formula is C9H15N3O3S. The summed E-state index contributed by atoms with van der Waals surface area (Å²) in [5.74, 6) is -0.814. The summed E-state index contributed by atoms with van der Waals surface area (Å²) in [4.78, 5) is 23.2. The molecule has 0 aromatic rings. The number of amides is 1. The van der Waals surface area contributed by atoms with E-state index in [1.165, 1.54) is 16.7 Å². The average molecular weight is 245 g/mol. The third-order valence-electron chi connectivity index (χ3n) is 1.82. The topological polar surface area (TPSA) is 107 Å². The summed E-state index contributed by atoms with van der Waals surface area (Å²) in [6.45, 7) is 0.390. The zero-order chi connectivity index (χ0) is 12.6. The van der Waals surface area contributed by atoms with Crippen LogP contribution in [0.25, 0.3) is 0 Å². The number of nitriles is 1. The van der Waals surface area contributed by atoms with Crippen LogP contribution in [0.2, 0.25) is 0 Å². The van der Waals surface area contributed by atoms with Gasteiger partial charge in [0.15, 0.2) is 0 Å². The van der Waals surface area contributed by atoms with E-state index in [4.69, 9.17) is 16.1 Å². The lowest BCUT2D eigenvalue weighted by atomic mass is 10.4. The Bertz CT molecular complexity index is 290. The van der Waals surface area contributed by atoms with Crippen LogP contribution in [0.5, 0.6) is 0 Å². The van der Waals surface area contributed by atoms with Gasteiger partial charge in [0.1, 0.15) is 6.04 Å². The van der Waals surface area contributed by atoms with Gasteiger partial charge in [-0.1, -0.05) is 0 Å². The van der Waals surface area contributed by atoms with Crippen LogP contribution in [0, 0.1) is 11.3 Å². The smallest absolute Gasteiger partial charge is 0.321 e. The number of rotatable bonds is 7. The van der Waals surface area contributed by atoms with Crippen molar-refractivity contribution in [2.45, 2.75) is 12.5 Å². The van der Waals surface area contributed by atoms with E-state index in [1.54, 1.807) is 7.05 Å². The van der Waals surface area contributed by atoms with Crippen molar-refractivity contribution in [2.75, 3.05) is 25.1 Å². The third-order valence-corrected chi connectivity index (χ3v) is 2.87. The Labute approximate surface area is 98.4 Å². The van der Waals surface area contributed by atoms with Crippen LogP contribution in [-0.4, -0.2) is 53.0 Å². The van der Waals surface area contributed by atoms with E-state index in [-0.39, 0.29) is 17.4 Å². The van der Waals surface area contributed by atoms with Gasteiger partial charge < -0.3 is 15.7 Å². The number of carboxylic acid groups (broad SMARTS) is 1. The Morgan fingerprint density at radius 1 is 1.62 bits per heavy atom. The summed E-state index contributed by atoms with van der Waals surface area (Å²) in [5.41, 5.74) is 5.27. The maximum absolute atomic E-state index is 11.4. The van der Waals surface area contributed by atoms with Crippen molar-refractivity contribution in [3.05, 3.63) is 0 Å². The fraction of sp³-hybridized carbons (Fsp3) is 0.667. The van der Waals surface area contributed by atoms with Crippen molar-refractivity contribution in [1.82, 2.24) is 4.90 Å². The van der Waals surface area contributed by atoms with E-state index in [0.717, 1.165) is 0 Å². The molecule has 16 heavy (non-hydrogen) atoms. The molecule has 1 atom stereocenters. The first kappa shape index (κ1) is 14.7. The Balaban J connectivity index is 3.73. The number of nitrogens with zero attached hydrogens (tertiary/aromatic N) is 2. The molecule has 0 aliphatic carbocycles. The highest BCUT2D eigenvalue weighted by molar-refractivity contribution is 8.00. The van der Waals surface area contributed by atoms with Crippen LogP contribution in [0.1, 0.15) is 6.42 Å². The largest absolute Gasteiger partial charge is 0.480 e. The molecule has 0 rings (SSSR count). The highest BCUT2D eigenvalue weighted by Crippen LogP contribution is 2.04. The normalized spacial score (nSPS) is 11.6. The Kier molecular flexibility index (Phi) is 7.33. The van der Waals surface area contributed by atoms with Gasteiger partial charge >= 0.3 is 5.97 Å². The van der Waals surface area contributed by atoms with Crippen LogP contribution in [0.3, 0.4) is 0 Å². The summed E-state index contributed by atoms with van der Waals surface area (Å²) < 4.78 is 0. The lowest BCUT2D eigenvalue weighted by Gasteiger charge is -2.15. The van der Waals surface area contributed by atoms with Gasteiger partial charge in [0, 0.05) is 19.3 Å². The van der Waals surface area contributed by atoms with E-state index in [9.17, 15) is 9.59 Å². The molecule has 3 N–H and O–H groups in total. The van der Waals surface area contributed by atoms with Crippen LogP contribution in [0.4, 0.5) is 0 Å². The zero-order valence-corrected chi connectivity index (χ0v) is 9.87. The quantitative estimate of drug-likeness (QED) is 0.626. The van der Waals surface area contributed by atoms with Gasteiger partial charge in [0.2, 0.25) is 5.91 Å². The highest BCUT2D eigenvalue weighted by Gasteiger charge is 2.13. The standard InChI is InChI=1S/C9H15N3O3S/c1-12(4-2-3-10)8(13)6-16-5-7(11)9(14)15/h7H,2,4-6,11H2,1H3,(H,14,15). The predicted molar refractivity (Wildman–Crippen MR) is 60.8 cm³/mol. The fourth-order valence-electron chi connectivity index (χ4n) is 0.797. The molecule has 0 fully saturated rings. The van der Waals surface area contributed by atoms with Gasteiger partial charge in [-0.3, -0.25) is 9.59 Å². The number of carbonyl (C=O) groups is 2. The molecule has 1 unspecified atom stereocenters. The molecular weight excluding hydrogens is 230 g/mol. The van der Waals surface area contributed by atoms with Crippen molar-refractivity contribution in [3.63, 3.8) is 0 Å². The van der Waals surface area contributed by atoms with Gasteiger partial charge in [-0.15, -0.1) is 11.8 Å². The van der Waals surface area contributed by atoms with Gasteiger partial charge in [0.05, 0.1) is 18.2 Å². The van der Waals surface area contributed by atoms with Crippen molar-refractivity contribution in [3.8, 4) is 6.07 Å². The van der Waals surface area contributed by atoms with E-state index < -0.39 is 12.0 Å². The molecule has 0 aliphatic heterocycles. The predicted octanol–water partition coefficient (Wildman–Crippen LogP) is -0.496. The monoisotopic (exact) mass is 245 g/mol. The van der Waals surface area contributed by atoms with E-state index >= 15 is 0 Å². The van der Waals surface area contributed by atoms with Gasteiger partial charge in [-0.05, 0) is 0 Å². The second-order valence-corrected chi connectivity index (χ2v) is 4.21. The summed E-state index contributed by atoms with van der Waals surface area (Å²) in [6.07, 6.45) is 0.293. The molecule has 0 saturated carbocycles. The summed E-state index contributed by atoms with van der Waals surface area (Å²) in [5, 5.41) is 16.8. The summed E-state index contributed by atoms with van der Waals surface area (Å²) >= 11 is 1.18. The van der Waals surface area contributed by atoms with Crippen LogP contribution in [0.15, 0.2) is 0 Å². The number of carboxylic acids is 1. The lowest BCUT2D eigenvalue weighted by molar-refractivity contribution is -0.138. The van der Waals surface area contributed by atoms with Crippen LogP contribution in [-0.2, 0) is 9.59 Å². The first-order chi connectivity index (χ1) is 7.49. The van der Waals surface area contributed by atoms with Gasteiger partial charge in [-0.25, -0.2) is 0 Å². The number of hydrogen-bond acceptors (Lipinski definition) is 5. The Morgan fingerprint density at radius 3 is 2.75 bits per heavy atom. The van der Waals surface area contributed by atoms with Gasteiger partial charge in [0.25, 0.3) is 0 Å². The second kappa shape index (κ2) is 7.96. The van der Waals surface area contributed by atoms with E-state index in [1.807, 2.05) is 6.07 Å². The first-order valence-corrected chi connectivity index (χ1v) is 5.81. The highest BCUT2D eigenvalue weighted by atomic mass is 32.2. The minimum atomic E-state index is -1.07. The second-order valence-electron chi connectivity index (χ2n) is 3.18. The molecule has 90 valence electrons. The van der Waals surface area contributed by atoms with Crippen molar-refractivity contribution >= 4 is 23.6 Å². The number of hydrogen-bond donors (Lipinski definition) is 2. The minimum absolute atomic E-state index is 0.127. The average Bonchev–Trinajstić information content (AvgIpc) is 2.25. The van der Waals surface area contributed by atoms with E-state index in [2.05, 4.69) is 0 Å². The molecule has 6 nitrogen and oxygen atoms in total. The SMILES string of the molecule is CN(CCC#N)C(=O)CSCC(N)C(=O)O. The minimum Gasteiger partial charge on any atom is -0.480 e. The fourth-order valence-corrected chi connectivity index (χ4v) is 1.71. The molecule has 0 spiro atoms. The van der Waals surface area contributed by atoms with Crippen molar-refractivity contribution < 1.29 is 14.7 Å². The van der Waals surface area contributed by atoms with Crippen molar-refractivity contribution in [2.24, 2.45) is 5.73 Å². The molecule has 0 saturated heterocycles. The molecule has 0 heterocycles. The molecule has 0 aliphatic rings. The maximum atomic E-state index is 11.4.